The second-order valence-corrected chi connectivity index (χ2v) is 7.44. The van der Waals surface area contributed by atoms with Crippen LogP contribution in [0.5, 0.6) is 0 Å². The predicted octanol–water partition coefficient (Wildman–Crippen LogP) is 3.97. The molecule has 0 saturated heterocycles. The van der Waals surface area contributed by atoms with Crippen molar-refractivity contribution in [2.75, 3.05) is 4.72 Å². The van der Waals surface area contributed by atoms with Gasteiger partial charge in [-0.2, -0.15) is 8.42 Å². The summed E-state index contributed by atoms with van der Waals surface area (Å²) in [4.78, 5) is 0. The fourth-order valence-electron chi connectivity index (χ4n) is 2.60. The maximum Gasteiger partial charge on any atom is 0.295 e. The molecule has 3 rings (SSSR count). The summed E-state index contributed by atoms with van der Waals surface area (Å²) in [5, 5.41) is 3.59. The van der Waals surface area contributed by atoms with Gasteiger partial charge in [0.2, 0.25) is 10.9 Å². The van der Waals surface area contributed by atoms with Crippen molar-refractivity contribution in [3.05, 3.63) is 52.7 Å². The monoisotopic (exact) mass is 346 g/mol. The zero-order chi connectivity index (χ0) is 17.5. The van der Waals surface area contributed by atoms with E-state index in [9.17, 15) is 8.42 Å². The molecule has 24 heavy (non-hydrogen) atoms. The van der Waals surface area contributed by atoms with Gasteiger partial charge in [0.1, 0.15) is 0 Å². The van der Waals surface area contributed by atoms with Gasteiger partial charge in [0, 0.05) is 6.07 Å². The quantitative estimate of drug-likeness (QED) is 0.772. The molecule has 3 aromatic rings. The molecule has 1 N–H and O–H groups in total. The minimum atomic E-state index is -3.83. The molecule has 2 aromatic heterocycles. The van der Waals surface area contributed by atoms with Gasteiger partial charge in [-0.15, -0.1) is 0 Å². The van der Waals surface area contributed by atoms with Crippen LogP contribution in [-0.4, -0.2) is 13.6 Å². The molecule has 0 radical (unpaired) electrons. The van der Waals surface area contributed by atoms with Crippen LogP contribution >= 0.6 is 0 Å². The van der Waals surface area contributed by atoms with Crippen LogP contribution in [0.2, 0.25) is 0 Å². The first kappa shape index (κ1) is 16.3. The third kappa shape index (κ3) is 3.07. The molecule has 0 aliphatic carbocycles. The molecule has 0 unspecified atom stereocenters. The molecule has 0 atom stereocenters. The lowest BCUT2D eigenvalue weighted by Gasteiger charge is -2.13. The third-order valence-electron chi connectivity index (χ3n) is 3.63. The van der Waals surface area contributed by atoms with E-state index >= 15 is 0 Å². The fraction of sp³-hybridized carbons (Fsp3) is 0.235. The number of nitrogens with zero attached hydrogens (tertiary/aromatic N) is 1. The maximum atomic E-state index is 12.6. The molecule has 0 aliphatic rings. The SMILES string of the molecule is Cc1cc(C)c(NS(=O)(=O)c2ccc(-c3cc(C)no3)o2)c(C)c1. The van der Waals surface area contributed by atoms with Crippen molar-refractivity contribution < 1.29 is 17.4 Å². The minimum Gasteiger partial charge on any atom is -0.439 e. The summed E-state index contributed by atoms with van der Waals surface area (Å²) in [6.07, 6.45) is 0. The van der Waals surface area contributed by atoms with E-state index in [-0.39, 0.29) is 5.09 Å². The summed E-state index contributed by atoms with van der Waals surface area (Å²) >= 11 is 0. The standard InChI is InChI=1S/C17H18N2O4S/c1-10-7-11(2)17(12(3)8-10)19-24(20,21)16-6-5-14(22-16)15-9-13(4)18-23-15/h5-9,19H,1-4H3. The van der Waals surface area contributed by atoms with Crippen LogP contribution in [0.4, 0.5) is 5.69 Å². The summed E-state index contributed by atoms with van der Waals surface area (Å²) in [6, 6.07) is 8.47. The van der Waals surface area contributed by atoms with Crippen molar-refractivity contribution in [1.29, 1.82) is 0 Å². The molecule has 0 spiro atoms. The highest BCUT2D eigenvalue weighted by atomic mass is 32.2. The van der Waals surface area contributed by atoms with Crippen LogP contribution in [0.3, 0.4) is 0 Å². The van der Waals surface area contributed by atoms with Crippen LogP contribution in [0.1, 0.15) is 22.4 Å². The van der Waals surface area contributed by atoms with E-state index in [0.717, 1.165) is 16.7 Å². The molecule has 2 heterocycles. The number of nitrogens with one attached hydrogen (secondary N) is 1. The molecule has 0 amide bonds. The average molecular weight is 346 g/mol. The third-order valence-corrected chi connectivity index (χ3v) is 4.85. The molecule has 6 nitrogen and oxygen atoms in total. The van der Waals surface area contributed by atoms with Crippen LogP contribution in [0.25, 0.3) is 11.5 Å². The number of anilines is 1. The highest BCUT2D eigenvalue weighted by molar-refractivity contribution is 7.92. The Bertz CT molecular complexity index is 976. The molecule has 0 aliphatic heterocycles. The Labute approximate surface area is 140 Å². The Hall–Kier alpha value is -2.54. The van der Waals surface area contributed by atoms with E-state index in [2.05, 4.69) is 9.88 Å². The van der Waals surface area contributed by atoms with Crippen molar-refractivity contribution in [2.45, 2.75) is 32.8 Å². The summed E-state index contributed by atoms with van der Waals surface area (Å²) in [5.74, 6) is 0.699. The first-order chi connectivity index (χ1) is 11.3. The van der Waals surface area contributed by atoms with Gasteiger partial charge < -0.3 is 8.94 Å². The molecule has 0 fully saturated rings. The van der Waals surface area contributed by atoms with Crippen molar-refractivity contribution in [3.63, 3.8) is 0 Å². The Kier molecular flexibility index (Phi) is 3.96. The lowest BCUT2D eigenvalue weighted by Crippen LogP contribution is -2.14. The minimum absolute atomic E-state index is 0.175. The first-order valence-electron chi connectivity index (χ1n) is 7.40. The molecule has 0 saturated carbocycles. The van der Waals surface area contributed by atoms with E-state index in [1.54, 1.807) is 19.1 Å². The molecule has 0 bridgehead atoms. The number of furan rings is 1. The number of hydrogen-bond donors (Lipinski definition) is 1. The summed E-state index contributed by atoms with van der Waals surface area (Å²) in [7, 11) is -3.83. The van der Waals surface area contributed by atoms with Gasteiger partial charge in [-0.05, 0) is 51.0 Å². The van der Waals surface area contributed by atoms with Gasteiger partial charge in [0.15, 0.2) is 5.76 Å². The number of aromatic nitrogens is 1. The topological polar surface area (TPSA) is 85.3 Å². The average Bonchev–Trinajstić information content (AvgIpc) is 3.11. The van der Waals surface area contributed by atoms with Crippen molar-refractivity contribution in [3.8, 4) is 11.5 Å². The van der Waals surface area contributed by atoms with Crippen LogP contribution in [0, 0.1) is 27.7 Å². The Morgan fingerprint density at radius 3 is 2.21 bits per heavy atom. The van der Waals surface area contributed by atoms with Gasteiger partial charge in [-0.3, -0.25) is 4.72 Å². The van der Waals surface area contributed by atoms with Crippen molar-refractivity contribution >= 4 is 15.7 Å². The van der Waals surface area contributed by atoms with Gasteiger partial charge in [0.25, 0.3) is 10.0 Å². The second kappa shape index (κ2) is 5.83. The van der Waals surface area contributed by atoms with Gasteiger partial charge in [-0.1, -0.05) is 22.9 Å². The van der Waals surface area contributed by atoms with Crippen LogP contribution < -0.4 is 4.72 Å². The summed E-state index contributed by atoms with van der Waals surface area (Å²) in [5.41, 5.74) is 4.04. The second-order valence-electron chi connectivity index (χ2n) is 5.83. The lowest BCUT2D eigenvalue weighted by molar-refractivity contribution is 0.398. The highest BCUT2D eigenvalue weighted by Crippen LogP contribution is 2.28. The molecular formula is C17H18N2O4S. The lowest BCUT2D eigenvalue weighted by atomic mass is 10.1. The van der Waals surface area contributed by atoms with E-state index in [1.807, 2.05) is 32.9 Å². The fourth-order valence-corrected chi connectivity index (χ4v) is 3.74. The zero-order valence-corrected chi connectivity index (χ0v) is 14.7. The normalized spacial score (nSPS) is 11.7. The smallest absolute Gasteiger partial charge is 0.295 e. The number of aryl methyl sites for hydroxylation is 4. The Morgan fingerprint density at radius 1 is 0.958 bits per heavy atom. The number of benzene rings is 1. The predicted molar refractivity (Wildman–Crippen MR) is 90.4 cm³/mol. The Balaban J connectivity index is 1.93. The largest absolute Gasteiger partial charge is 0.439 e. The van der Waals surface area contributed by atoms with E-state index in [0.29, 0.717) is 22.9 Å². The number of rotatable bonds is 4. The first-order valence-corrected chi connectivity index (χ1v) is 8.89. The summed E-state index contributed by atoms with van der Waals surface area (Å²) < 4.78 is 38.3. The molecule has 7 heteroatoms. The maximum absolute atomic E-state index is 12.6. The summed E-state index contributed by atoms with van der Waals surface area (Å²) in [6.45, 7) is 7.47. The number of sulfonamides is 1. The molecule has 126 valence electrons. The van der Waals surface area contributed by atoms with E-state index < -0.39 is 10.0 Å². The van der Waals surface area contributed by atoms with Crippen molar-refractivity contribution in [2.24, 2.45) is 0 Å². The highest BCUT2D eigenvalue weighted by Gasteiger charge is 2.22. The number of hydrogen-bond acceptors (Lipinski definition) is 5. The van der Waals surface area contributed by atoms with E-state index in [4.69, 9.17) is 8.94 Å². The van der Waals surface area contributed by atoms with Gasteiger partial charge in [0.05, 0.1) is 11.4 Å². The van der Waals surface area contributed by atoms with Gasteiger partial charge in [-0.25, -0.2) is 0 Å². The zero-order valence-electron chi connectivity index (χ0n) is 13.9. The van der Waals surface area contributed by atoms with E-state index in [1.165, 1.54) is 6.07 Å². The molecular weight excluding hydrogens is 328 g/mol. The van der Waals surface area contributed by atoms with Crippen molar-refractivity contribution in [1.82, 2.24) is 5.16 Å². The van der Waals surface area contributed by atoms with Gasteiger partial charge >= 0.3 is 0 Å². The van der Waals surface area contributed by atoms with Crippen LogP contribution in [-0.2, 0) is 10.0 Å². The Morgan fingerprint density at radius 2 is 1.62 bits per heavy atom. The molecule has 1 aromatic carbocycles. The van der Waals surface area contributed by atoms with Crippen LogP contribution in [0.15, 0.2) is 44.4 Å².